The first-order valence-corrected chi connectivity index (χ1v) is 7.47. The van der Waals surface area contributed by atoms with E-state index in [1.165, 1.54) is 5.56 Å². The Morgan fingerprint density at radius 3 is 2.57 bits per heavy atom. The predicted octanol–water partition coefficient (Wildman–Crippen LogP) is 2.77. The molecule has 0 spiro atoms. The van der Waals surface area contributed by atoms with Gasteiger partial charge < -0.3 is 9.64 Å². The molecule has 4 nitrogen and oxygen atoms in total. The number of carbonyl (C=O) groups excluding carboxylic acids is 2. The van der Waals surface area contributed by atoms with E-state index in [1.54, 1.807) is 11.8 Å². The molecular formula is C17H23NO3. The summed E-state index contributed by atoms with van der Waals surface area (Å²) in [5.74, 6) is -0.209. The minimum Gasteiger partial charge on any atom is -0.444 e. The highest BCUT2D eigenvalue weighted by molar-refractivity contribution is 5.89. The van der Waals surface area contributed by atoms with Crippen molar-refractivity contribution in [2.45, 2.75) is 46.1 Å². The summed E-state index contributed by atoms with van der Waals surface area (Å²) in [5.41, 5.74) is 0.895. The summed E-state index contributed by atoms with van der Waals surface area (Å²) in [4.78, 5) is 25.1. The molecule has 1 aliphatic heterocycles. The van der Waals surface area contributed by atoms with Gasteiger partial charge in [0.05, 0.1) is 5.41 Å². The molecule has 1 amide bonds. The lowest BCUT2D eigenvalue weighted by Gasteiger charge is -2.52. The third-order valence-corrected chi connectivity index (χ3v) is 4.22. The normalized spacial score (nSPS) is 20.0. The summed E-state index contributed by atoms with van der Waals surface area (Å²) in [7, 11) is 0. The average molecular weight is 289 g/mol. The number of hydrogen-bond acceptors (Lipinski definition) is 3. The zero-order chi connectivity index (χ0) is 15.5. The van der Waals surface area contributed by atoms with Gasteiger partial charge in [0.1, 0.15) is 0 Å². The van der Waals surface area contributed by atoms with Gasteiger partial charge in [-0.15, -0.1) is 0 Å². The molecule has 1 heterocycles. The number of ether oxygens (including phenoxy) is 1. The molecule has 1 aromatic carbocycles. The molecule has 0 aromatic heterocycles. The maximum atomic E-state index is 12.1. The molecule has 1 saturated heterocycles. The van der Waals surface area contributed by atoms with E-state index in [-0.39, 0.29) is 30.1 Å². The Labute approximate surface area is 126 Å². The number of aryl methyl sites for hydroxylation is 1. The van der Waals surface area contributed by atoms with Crippen LogP contribution in [0.2, 0.25) is 0 Å². The van der Waals surface area contributed by atoms with E-state index in [2.05, 4.69) is 12.1 Å². The fraction of sp³-hybridized carbons (Fsp3) is 0.529. The highest BCUT2D eigenvalue weighted by Crippen LogP contribution is 2.40. The van der Waals surface area contributed by atoms with Crippen LogP contribution in [0.4, 0.5) is 0 Å². The van der Waals surface area contributed by atoms with Crippen LogP contribution in [0.25, 0.3) is 0 Å². The number of likely N-dealkylation sites (tertiary alicyclic amines) is 1. The first kappa shape index (κ1) is 15.5. The van der Waals surface area contributed by atoms with Crippen LogP contribution in [-0.4, -0.2) is 29.5 Å². The second kappa shape index (κ2) is 6.29. The van der Waals surface area contributed by atoms with Crippen molar-refractivity contribution in [3.8, 4) is 0 Å². The van der Waals surface area contributed by atoms with Gasteiger partial charge in [-0.25, -0.2) is 0 Å². The Hall–Kier alpha value is -1.84. The minimum atomic E-state index is -0.368. The zero-order valence-corrected chi connectivity index (χ0v) is 13.0. The van der Waals surface area contributed by atoms with E-state index in [0.717, 1.165) is 12.8 Å². The molecule has 0 radical (unpaired) electrons. The maximum Gasteiger partial charge on any atom is 0.307 e. The summed E-state index contributed by atoms with van der Waals surface area (Å²) in [6.07, 6.45) is 2.13. The molecule has 21 heavy (non-hydrogen) atoms. The van der Waals surface area contributed by atoms with Crippen LogP contribution in [0, 0.1) is 5.41 Å². The third kappa shape index (κ3) is 3.26. The van der Waals surface area contributed by atoms with E-state index in [1.807, 2.05) is 32.0 Å². The molecule has 4 heteroatoms. The third-order valence-electron chi connectivity index (χ3n) is 4.22. The zero-order valence-electron chi connectivity index (χ0n) is 13.0. The standard InChI is InChI=1S/C17H23NO3/c1-4-15(19)21-12-18-14(17(2,3)16(18)20)11-10-13-8-6-5-7-9-13/h5-9,14H,4,10-12H2,1-3H3. The van der Waals surface area contributed by atoms with Crippen LogP contribution in [0.3, 0.4) is 0 Å². The summed E-state index contributed by atoms with van der Waals surface area (Å²) in [5, 5.41) is 0. The van der Waals surface area contributed by atoms with Gasteiger partial charge in [0.25, 0.3) is 0 Å². The summed E-state index contributed by atoms with van der Waals surface area (Å²) >= 11 is 0. The highest BCUT2D eigenvalue weighted by atomic mass is 16.5. The number of carbonyl (C=O) groups is 2. The van der Waals surface area contributed by atoms with E-state index < -0.39 is 0 Å². The van der Waals surface area contributed by atoms with Crippen molar-refractivity contribution in [3.05, 3.63) is 35.9 Å². The van der Waals surface area contributed by atoms with Crippen molar-refractivity contribution in [1.82, 2.24) is 4.90 Å². The molecule has 1 aliphatic rings. The minimum absolute atomic E-state index is 0.0597. The molecule has 1 unspecified atom stereocenters. The van der Waals surface area contributed by atoms with Gasteiger partial charge in [-0.2, -0.15) is 0 Å². The predicted molar refractivity (Wildman–Crippen MR) is 80.4 cm³/mol. The van der Waals surface area contributed by atoms with Crippen molar-refractivity contribution >= 4 is 11.9 Å². The van der Waals surface area contributed by atoms with Crippen molar-refractivity contribution < 1.29 is 14.3 Å². The lowest BCUT2D eigenvalue weighted by molar-refractivity contribution is -0.183. The Balaban J connectivity index is 1.94. The Kier molecular flexibility index (Phi) is 4.66. The molecule has 1 aromatic rings. The van der Waals surface area contributed by atoms with Crippen LogP contribution in [0.1, 0.15) is 39.2 Å². The number of hydrogen-bond donors (Lipinski definition) is 0. The lowest BCUT2D eigenvalue weighted by atomic mass is 9.72. The fourth-order valence-electron chi connectivity index (χ4n) is 2.83. The SMILES string of the molecule is CCC(=O)OCN1C(=O)C(C)(C)C1CCc1ccccc1. The number of benzene rings is 1. The van der Waals surface area contributed by atoms with Gasteiger partial charge in [0.15, 0.2) is 6.73 Å². The van der Waals surface area contributed by atoms with Gasteiger partial charge in [-0.1, -0.05) is 37.3 Å². The first-order valence-electron chi connectivity index (χ1n) is 7.47. The fourth-order valence-corrected chi connectivity index (χ4v) is 2.83. The molecule has 114 valence electrons. The van der Waals surface area contributed by atoms with Gasteiger partial charge in [0.2, 0.25) is 5.91 Å². The second-order valence-corrected chi connectivity index (χ2v) is 6.04. The average Bonchev–Trinajstić information content (AvgIpc) is 2.50. The highest BCUT2D eigenvalue weighted by Gasteiger charge is 2.53. The number of β-lactam (4-membered cyclic amide) rings is 1. The summed E-state index contributed by atoms with van der Waals surface area (Å²) < 4.78 is 5.11. The van der Waals surface area contributed by atoms with Crippen LogP contribution in [0.15, 0.2) is 30.3 Å². The van der Waals surface area contributed by atoms with Crippen LogP contribution < -0.4 is 0 Å². The smallest absolute Gasteiger partial charge is 0.307 e. The molecule has 1 atom stereocenters. The van der Waals surface area contributed by atoms with Crippen molar-refractivity contribution in [1.29, 1.82) is 0 Å². The van der Waals surface area contributed by atoms with Crippen LogP contribution >= 0.6 is 0 Å². The van der Waals surface area contributed by atoms with Crippen molar-refractivity contribution in [3.63, 3.8) is 0 Å². The van der Waals surface area contributed by atoms with E-state index >= 15 is 0 Å². The van der Waals surface area contributed by atoms with E-state index in [0.29, 0.717) is 6.42 Å². The number of nitrogens with zero attached hydrogens (tertiary/aromatic N) is 1. The van der Waals surface area contributed by atoms with Gasteiger partial charge in [-0.3, -0.25) is 9.59 Å². The molecule has 0 saturated carbocycles. The van der Waals surface area contributed by atoms with Gasteiger partial charge >= 0.3 is 5.97 Å². The van der Waals surface area contributed by atoms with Gasteiger partial charge in [0, 0.05) is 12.5 Å². The lowest BCUT2D eigenvalue weighted by Crippen LogP contribution is -2.66. The summed E-state index contributed by atoms with van der Waals surface area (Å²) in [6, 6.07) is 10.3. The van der Waals surface area contributed by atoms with Crippen LogP contribution in [0.5, 0.6) is 0 Å². The molecular weight excluding hydrogens is 266 g/mol. The second-order valence-electron chi connectivity index (χ2n) is 6.04. The number of rotatable bonds is 6. The van der Waals surface area contributed by atoms with Crippen LogP contribution in [-0.2, 0) is 20.7 Å². The quantitative estimate of drug-likeness (QED) is 0.597. The molecule has 0 aliphatic carbocycles. The number of amides is 1. The van der Waals surface area contributed by atoms with Crippen molar-refractivity contribution in [2.24, 2.45) is 5.41 Å². The molecule has 2 rings (SSSR count). The topological polar surface area (TPSA) is 46.6 Å². The largest absolute Gasteiger partial charge is 0.444 e. The molecule has 0 bridgehead atoms. The summed E-state index contributed by atoms with van der Waals surface area (Å²) in [6.45, 7) is 5.75. The molecule has 1 fully saturated rings. The Morgan fingerprint density at radius 2 is 1.95 bits per heavy atom. The first-order chi connectivity index (χ1) is 9.96. The van der Waals surface area contributed by atoms with E-state index in [4.69, 9.17) is 4.74 Å². The van der Waals surface area contributed by atoms with Gasteiger partial charge in [-0.05, 0) is 32.3 Å². The maximum absolute atomic E-state index is 12.1. The number of esters is 1. The molecule has 0 N–H and O–H groups in total. The van der Waals surface area contributed by atoms with E-state index in [9.17, 15) is 9.59 Å². The monoisotopic (exact) mass is 289 g/mol. The van der Waals surface area contributed by atoms with Crippen molar-refractivity contribution in [2.75, 3.05) is 6.73 Å². The Morgan fingerprint density at radius 1 is 1.29 bits per heavy atom. The Bertz CT molecular complexity index is 510.